The van der Waals surface area contributed by atoms with Gasteiger partial charge in [-0.25, -0.2) is 0 Å². The third-order valence-electron chi connectivity index (χ3n) is 2.92. The predicted octanol–water partition coefficient (Wildman–Crippen LogP) is 1.73. The van der Waals surface area contributed by atoms with E-state index in [9.17, 15) is 0 Å². The molecule has 1 atom stereocenters. The molecular weight excluding hydrogens is 216 g/mol. The molecule has 17 heavy (non-hydrogen) atoms. The van der Waals surface area contributed by atoms with Gasteiger partial charge in [0.15, 0.2) is 11.5 Å². The van der Waals surface area contributed by atoms with Crippen LogP contribution >= 0.6 is 0 Å². The molecule has 0 spiro atoms. The van der Waals surface area contributed by atoms with Crippen molar-refractivity contribution in [3.05, 3.63) is 23.8 Å². The Morgan fingerprint density at radius 3 is 2.29 bits per heavy atom. The standard InChI is InChI=1S/C13H22N2O2/c1-9(2)11(15-14)7-10-5-6-12(16-3)13(8-10)17-4/h5-6,8-9,11,15H,7,14H2,1-4H3. The first-order chi connectivity index (χ1) is 8.12. The summed E-state index contributed by atoms with van der Waals surface area (Å²) >= 11 is 0. The Kier molecular flexibility index (Phi) is 5.25. The van der Waals surface area contributed by atoms with Crippen LogP contribution in [0.15, 0.2) is 18.2 Å². The maximum atomic E-state index is 5.54. The molecule has 3 N–H and O–H groups in total. The first-order valence-corrected chi connectivity index (χ1v) is 5.79. The summed E-state index contributed by atoms with van der Waals surface area (Å²) in [4.78, 5) is 0. The van der Waals surface area contributed by atoms with Gasteiger partial charge in [-0.05, 0) is 30.0 Å². The van der Waals surface area contributed by atoms with Crippen LogP contribution < -0.4 is 20.7 Å². The molecule has 0 amide bonds. The monoisotopic (exact) mass is 238 g/mol. The molecule has 1 aromatic rings. The molecule has 4 heteroatoms. The zero-order chi connectivity index (χ0) is 12.8. The first kappa shape index (κ1) is 13.8. The molecule has 0 saturated heterocycles. The number of ether oxygens (including phenoxy) is 2. The van der Waals surface area contributed by atoms with Crippen LogP contribution in [0.2, 0.25) is 0 Å². The number of benzene rings is 1. The van der Waals surface area contributed by atoms with Crippen LogP contribution in [0.4, 0.5) is 0 Å². The van der Waals surface area contributed by atoms with Crippen molar-refractivity contribution in [3.63, 3.8) is 0 Å². The number of nitrogens with one attached hydrogen (secondary N) is 1. The SMILES string of the molecule is COc1ccc(CC(NN)C(C)C)cc1OC. The van der Waals surface area contributed by atoms with Gasteiger partial charge in [0, 0.05) is 6.04 Å². The lowest BCUT2D eigenvalue weighted by Crippen LogP contribution is -2.40. The summed E-state index contributed by atoms with van der Waals surface area (Å²) in [6, 6.07) is 6.20. The van der Waals surface area contributed by atoms with Gasteiger partial charge in [0.25, 0.3) is 0 Å². The van der Waals surface area contributed by atoms with Gasteiger partial charge in [0.2, 0.25) is 0 Å². The average molecular weight is 238 g/mol. The van der Waals surface area contributed by atoms with Crippen LogP contribution in [-0.2, 0) is 6.42 Å². The van der Waals surface area contributed by atoms with Crippen LogP contribution in [-0.4, -0.2) is 20.3 Å². The summed E-state index contributed by atoms with van der Waals surface area (Å²) in [7, 11) is 3.28. The molecule has 0 radical (unpaired) electrons. The lowest BCUT2D eigenvalue weighted by Gasteiger charge is -2.20. The summed E-state index contributed by atoms with van der Waals surface area (Å²) in [6.07, 6.45) is 0.870. The van der Waals surface area contributed by atoms with E-state index in [0.717, 1.165) is 17.9 Å². The smallest absolute Gasteiger partial charge is 0.160 e. The van der Waals surface area contributed by atoms with Crippen molar-refractivity contribution in [2.45, 2.75) is 26.3 Å². The van der Waals surface area contributed by atoms with Crippen LogP contribution in [0.3, 0.4) is 0 Å². The van der Waals surface area contributed by atoms with Gasteiger partial charge in [-0.15, -0.1) is 0 Å². The molecule has 0 aliphatic heterocycles. The highest BCUT2D eigenvalue weighted by molar-refractivity contribution is 5.43. The molecule has 0 heterocycles. The van der Waals surface area contributed by atoms with E-state index in [1.165, 1.54) is 5.56 Å². The van der Waals surface area contributed by atoms with Gasteiger partial charge in [0.1, 0.15) is 0 Å². The van der Waals surface area contributed by atoms with Crippen LogP contribution in [0.25, 0.3) is 0 Å². The fourth-order valence-corrected chi connectivity index (χ4v) is 1.75. The Bertz CT molecular complexity index is 353. The number of hydrazine groups is 1. The molecule has 4 nitrogen and oxygen atoms in total. The Morgan fingerprint density at radius 2 is 1.82 bits per heavy atom. The molecule has 1 aromatic carbocycles. The van der Waals surface area contributed by atoms with Gasteiger partial charge in [-0.1, -0.05) is 19.9 Å². The van der Waals surface area contributed by atoms with E-state index < -0.39 is 0 Å². The Hall–Kier alpha value is -1.26. The third-order valence-corrected chi connectivity index (χ3v) is 2.92. The predicted molar refractivity (Wildman–Crippen MR) is 69.2 cm³/mol. The molecule has 1 unspecified atom stereocenters. The van der Waals surface area contributed by atoms with Gasteiger partial charge < -0.3 is 9.47 Å². The number of rotatable bonds is 6. The highest BCUT2D eigenvalue weighted by Crippen LogP contribution is 2.28. The summed E-state index contributed by atoms with van der Waals surface area (Å²) in [5, 5.41) is 0. The molecule has 0 aromatic heterocycles. The summed E-state index contributed by atoms with van der Waals surface area (Å²) in [6.45, 7) is 4.29. The normalized spacial score (nSPS) is 12.6. The second kappa shape index (κ2) is 6.47. The topological polar surface area (TPSA) is 56.5 Å². The number of nitrogens with two attached hydrogens (primary N) is 1. The lowest BCUT2D eigenvalue weighted by atomic mass is 9.97. The van der Waals surface area contributed by atoms with E-state index in [1.54, 1.807) is 14.2 Å². The Morgan fingerprint density at radius 1 is 1.18 bits per heavy atom. The van der Waals surface area contributed by atoms with E-state index in [1.807, 2.05) is 18.2 Å². The van der Waals surface area contributed by atoms with Crippen molar-refractivity contribution in [2.75, 3.05) is 14.2 Å². The molecular formula is C13H22N2O2. The summed E-state index contributed by atoms with van der Waals surface area (Å²) in [5.41, 5.74) is 4.02. The minimum absolute atomic E-state index is 0.258. The molecule has 0 aliphatic carbocycles. The number of hydrogen-bond donors (Lipinski definition) is 2. The minimum Gasteiger partial charge on any atom is -0.493 e. The number of hydrogen-bond acceptors (Lipinski definition) is 4. The van der Waals surface area contributed by atoms with Gasteiger partial charge in [0.05, 0.1) is 14.2 Å². The van der Waals surface area contributed by atoms with Crippen molar-refractivity contribution in [1.29, 1.82) is 0 Å². The van der Waals surface area contributed by atoms with Crippen molar-refractivity contribution in [2.24, 2.45) is 11.8 Å². The molecule has 0 aliphatic rings. The Balaban J connectivity index is 2.85. The molecule has 96 valence electrons. The highest BCUT2D eigenvalue weighted by atomic mass is 16.5. The van der Waals surface area contributed by atoms with Gasteiger partial charge >= 0.3 is 0 Å². The van der Waals surface area contributed by atoms with Crippen LogP contribution in [0.1, 0.15) is 19.4 Å². The van der Waals surface area contributed by atoms with E-state index >= 15 is 0 Å². The van der Waals surface area contributed by atoms with Gasteiger partial charge in [-0.3, -0.25) is 11.3 Å². The maximum absolute atomic E-state index is 5.54. The lowest BCUT2D eigenvalue weighted by molar-refractivity contribution is 0.353. The average Bonchev–Trinajstić information content (AvgIpc) is 2.35. The zero-order valence-electron chi connectivity index (χ0n) is 11.0. The summed E-state index contributed by atoms with van der Waals surface area (Å²) < 4.78 is 10.5. The van der Waals surface area contributed by atoms with Crippen LogP contribution in [0, 0.1) is 5.92 Å². The largest absolute Gasteiger partial charge is 0.493 e. The van der Waals surface area contributed by atoms with Gasteiger partial charge in [-0.2, -0.15) is 0 Å². The van der Waals surface area contributed by atoms with Crippen molar-refractivity contribution < 1.29 is 9.47 Å². The second-order valence-electron chi connectivity index (χ2n) is 4.41. The zero-order valence-corrected chi connectivity index (χ0v) is 11.0. The van der Waals surface area contributed by atoms with Crippen LogP contribution in [0.5, 0.6) is 11.5 Å². The van der Waals surface area contributed by atoms with Crippen molar-refractivity contribution in [1.82, 2.24) is 5.43 Å². The van der Waals surface area contributed by atoms with E-state index in [0.29, 0.717) is 5.92 Å². The third kappa shape index (κ3) is 3.61. The Labute approximate surface area is 103 Å². The van der Waals surface area contributed by atoms with E-state index in [-0.39, 0.29) is 6.04 Å². The molecule has 0 fully saturated rings. The van der Waals surface area contributed by atoms with E-state index in [2.05, 4.69) is 19.3 Å². The maximum Gasteiger partial charge on any atom is 0.160 e. The number of methoxy groups -OCH3 is 2. The fourth-order valence-electron chi connectivity index (χ4n) is 1.75. The molecule has 0 saturated carbocycles. The minimum atomic E-state index is 0.258. The quantitative estimate of drug-likeness (QED) is 0.585. The fraction of sp³-hybridized carbons (Fsp3) is 0.538. The second-order valence-corrected chi connectivity index (χ2v) is 4.41. The van der Waals surface area contributed by atoms with Crippen molar-refractivity contribution >= 4 is 0 Å². The molecule has 1 rings (SSSR count). The van der Waals surface area contributed by atoms with Crippen molar-refractivity contribution in [3.8, 4) is 11.5 Å². The highest BCUT2D eigenvalue weighted by Gasteiger charge is 2.13. The summed E-state index contributed by atoms with van der Waals surface area (Å²) in [5.74, 6) is 7.52. The first-order valence-electron chi connectivity index (χ1n) is 5.79. The van der Waals surface area contributed by atoms with E-state index in [4.69, 9.17) is 15.3 Å². The molecule has 0 bridgehead atoms.